The van der Waals surface area contributed by atoms with Crippen LogP contribution in [0.25, 0.3) is 0 Å². The summed E-state index contributed by atoms with van der Waals surface area (Å²) in [6.07, 6.45) is 8.10. The average Bonchev–Trinajstić information content (AvgIpc) is 2.74. The number of benzene rings is 2. The van der Waals surface area contributed by atoms with E-state index in [1.54, 1.807) is 11.4 Å². The maximum absolute atomic E-state index is 13.6. The monoisotopic (exact) mass is 428 g/mol. The Bertz CT molecular complexity index is 847. The van der Waals surface area contributed by atoms with Crippen LogP contribution in [0.15, 0.2) is 60.7 Å². The lowest BCUT2D eigenvalue weighted by Crippen LogP contribution is -2.41. The Morgan fingerprint density at radius 3 is 1.90 bits per heavy atom. The SMILES string of the molecule is CNC(c1ccccc1)C(c1ccccc1)N(C)S(=O)(=O)CC1CCCCCCC1. The van der Waals surface area contributed by atoms with Crippen LogP contribution in [-0.2, 0) is 10.0 Å². The molecule has 0 radical (unpaired) electrons. The number of nitrogens with zero attached hydrogens (tertiary/aromatic N) is 1. The first kappa shape index (κ1) is 23.0. The van der Waals surface area contributed by atoms with Gasteiger partial charge in [0.15, 0.2) is 0 Å². The summed E-state index contributed by atoms with van der Waals surface area (Å²) >= 11 is 0. The minimum atomic E-state index is -3.41. The molecular formula is C25H36N2O2S. The highest BCUT2D eigenvalue weighted by molar-refractivity contribution is 7.89. The van der Waals surface area contributed by atoms with Gasteiger partial charge in [0.25, 0.3) is 0 Å². The van der Waals surface area contributed by atoms with Crippen molar-refractivity contribution in [3.8, 4) is 0 Å². The Morgan fingerprint density at radius 2 is 1.37 bits per heavy atom. The van der Waals surface area contributed by atoms with E-state index in [9.17, 15) is 8.42 Å². The molecule has 2 aromatic rings. The molecule has 0 bridgehead atoms. The molecule has 0 heterocycles. The second kappa shape index (κ2) is 11.1. The quantitative estimate of drug-likeness (QED) is 0.620. The van der Waals surface area contributed by atoms with Crippen LogP contribution in [0.1, 0.15) is 68.2 Å². The van der Waals surface area contributed by atoms with Crippen LogP contribution in [0.5, 0.6) is 0 Å². The van der Waals surface area contributed by atoms with E-state index < -0.39 is 10.0 Å². The first-order valence-electron chi connectivity index (χ1n) is 11.3. The Kier molecular flexibility index (Phi) is 8.49. The van der Waals surface area contributed by atoms with Crippen molar-refractivity contribution < 1.29 is 8.42 Å². The van der Waals surface area contributed by atoms with Gasteiger partial charge in [-0.3, -0.25) is 0 Å². The Morgan fingerprint density at radius 1 is 0.867 bits per heavy atom. The fourth-order valence-corrected chi connectivity index (χ4v) is 6.48. The third kappa shape index (κ3) is 5.93. The molecule has 1 aliphatic carbocycles. The highest BCUT2D eigenvalue weighted by Gasteiger charge is 2.35. The van der Waals surface area contributed by atoms with Crippen LogP contribution in [0.4, 0.5) is 0 Å². The van der Waals surface area contributed by atoms with E-state index in [1.807, 2.05) is 55.6 Å². The molecule has 164 valence electrons. The molecule has 1 saturated carbocycles. The summed E-state index contributed by atoms with van der Waals surface area (Å²) in [5.41, 5.74) is 2.09. The number of hydrogen-bond donors (Lipinski definition) is 1. The highest BCUT2D eigenvalue weighted by atomic mass is 32.2. The molecule has 1 aliphatic rings. The molecule has 0 aromatic heterocycles. The third-order valence-corrected chi connectivity index (χ3v) is 8.43. The number of sulfonamides is 1. The molecule has 2 atom stereocenters. The highest BCUT2D eigenvalue weighted by Crippen LogP contribution is 2.36. The fraction of sp³-hybridized carbons (Fsp3) is 0.520. The molecule has 5 heteroatoms. The van der Waals surface area contributed by atoms with E-state index in [0.717, 1.165) is 36.8 Å². The molecule has 4 nitrogen and oxygen atoms in total. The van der Waals surface area contributed by atoms with Gasteiger partial charge < -0.3 is 5.32 Å². The minimum Gasteiger partial charge on any atom is -0.311 e. The van der Waals surface area contributed by atoms with Crippen LogP contribution in [0.3, 0.4) is 0 Å². The standard InChI is InChI=1S/C25H36N2O2S/c1-26-24(22-16-10-6-11-17-22)25(23-18-12-7-13-19-23)27(2)30(28,29)20-21-14-8-4-3-5-9-15-21/h6-7,10-13,16-19,21,24-26H,3-5,8-9,14-15,20H2,1-2H3. The predicted octanol–water partition coefficient (Wildman–Crippen LogP) is 5.31. The van der Waals surface area contributed by atoms with Crippen LogP contribution >= 0.6 is 0 Å². The summed E-state index contributed by atoms with van der Waals surface area (Å²) in [6, 6.07) is 19.7. The summed E-state index contributed by atoms with van der Waals surface area (Å²) in [5, 5.41) is 3.39. The Labute approximate surface area is 182 Å². The van der Waals surface area contributed by atoms with E-state index in [0.29, 0.717) is 0 Å². The molecule has 0 aliphatic heterocycles. The van der Waals surface area contributed by atoms with Gasteiger partial charge in [-0.2, -0.15) is 4.31 Å². The van der Waals surface area contributed by atoms with Gasteiger partial charge in [-0.15, -0.1) is 0 Å². The maximum atomic E-state index is 13.6. The van der Waals surface area contributed by atoms with Gasteiger partial charge in [-0.25, -0.2) is 8.42 Å². The lowest BCUT2D eigenvalue weighted by Gasteiger charge is -2.35. The van der Waals surface area contributed by atoms with Crippen molar-refractivity contribution in [1.29, 1.82) is 0 Å². The van der Waals surface area contributed by atoms with Crippen molar-refractivity contribution in [1.82, 2.24) is 9.62 Å². The van der Waals surface area contributed by atoms with Gasteiger partial charge in [0, 0.05) is 7.05 Å². The summed E-state index contributed by atoms with van der Waals surface area (Å²) in [7, 11) is 0.254. The van der Waals surface area contributed by atoms with Crippen molar-refractivity contribution in [3.63, 3.8) is 0 Å². The average molecular weight is 429 g/mol. The first-order valence-corrected chi connectivity index (χ1v) is 12.9. The normalized spacial score (nSPS) is 18.5. The molecule has 2 unspecified atom stereocenters. The van der Waals surface area contributed by atoms with Crippen molar-refractivity contribution >= 4 is 10.0 Å². The summed E-state index contributed by atoms with van der Waals surface area (Å²) < 4.78 is 28.7. The number of rotatable bonds is 8. The largest absolute Gasteiger partial charge is 0.311 e. The van der Waals surface area contributed by atoms with Crippen molar-refractivity contribution in [2.45, 2.75) is 57.0 Å². The molecule has 0 saturated heterocycles. The summed E-state index contributed by atoms with van der Waals surface area (Å²) in [6.45, 7) is 0. The predicted molar refractivity (Wildman–Crippen MR) is 125 cm³/mol. The van der Waals surface area contributed by atoms with Gasteiger partial charge in [-0.05, 0) is 36.9 Å². The second-order valence-corrected chi connectivity index (χ2v) is 10.6. The topological polar surface area (TPSA) is 49.4 Å². The fourth-order valence-electron chi connectivity index (χ4n) is 4.73. The number of likely N-dealkylation sites (N-methyl/N-ethyl adjacent to an activating group) is 2. The maximum Gasteiger partial charge on any atom is 0.214 e. The van der Waals surface area contributed by atoms with Crippen LogP contribution in [0, 0.1) is 5.92 Å². The van der Waals surface area contributed by atoms with E-state index >= 15 is 0 Å². The lowest BCUT2D eigenvalue weighted by molar-refractivity contribution is 0.297. The van der Waals surface area contributed by atoms with E-state index in [1.165, 1.54) is 19.3 Å². The molecule has 30 heavy (non-hydrogen) atoms. The number of hydrogen-bond acceptors (Lipinski definition) is 3. The van der Waals surface area contributed by atoms with Crippen molar-refractivity contribution in [2.24, 2.45) is 5.92 Å². The van der Waals surface area contributed by atoms with Crippen LogP contribution in [0.2, 0.25) is 0 Å². The smallest absolute Gasteiger partial charge is 0.214 e. The van der Waals surface area contributed by atoms with Gasteiger partial charge >= 0.3 is 0 Å². The van der Waals surface area contributed by atoms with Crippen LogP contribution in [-0.4, -0.2) is 32.6 Å². The summed E-state index contributed by atoms with van der Waals surface area (Å²) in [4.78, 5) is 0. The molecule has 2 aromatic carbocycles. The molecule has 1 N–H and O–H groups in total. The van der Waals surface area contributed by atoms with Crippen molar-refractivity contribution in [2.75, 3.05) is 19.8 Å². The number of nitrogens with one attached hydrogen (secondary N) is 1. The molecule has 1 fully saturated rings. The van der Waals surface area contributed by atoms with Crippen molar-refractivity contribution in [3.05, 3.63) is 71.8 Å². The van der Waals surface area contributed by atoms with Crippen LogP contribution < -0.4 is 5.32 Å². The Balaban J connectivity index is 1.90. The minimum absolute atomic E-state index is 0.134. The van der Waals surface area contributed by atoms with E-state index in [4.69, 9.17) is 0 Å². The van der Waals surface area contributed by atoms with E-state index in [-0.39, 0.29) is 23.8 Å². The first-order chi connectivity index (χ1) is 14.5. The lowest BCUT2D eigenvalue weighted by atomic mass is 9.93. The molecule has 0 amide bonds. The molecule has 0 spiro atoms. The Hall–Kier alpha value is -1.69. The van der Waals surface area contributed by atoms with E-state index in [2.05, 4.69) is 17.4 Å². The van der Waals surface area contributed by atoms with Gasteiger partial charge in [-0.1, -0.05) is 92.8 Å². The third-order valence-electron chi connectivity index (χ3n) is 6.43. The van der Waals surface area contributed by atoms with Gasteiger partial charge in [0.05, 0.1) is 17.8 Å². The van der Waals surface area contributed by atoms with Gasteiger partial charge in [0.1, 0.15) is 0 Å². The molecular weight excluding hydrogens is 392 g/mol. The zero-order chi connectivity index (χ0) is 21.4. The van der Waals surface area contributed by atoms with Gasteiger partial charge in [0.2, 0.25) is 10.0 Å². The molecule has 3 rings (SSSR count). The zero-order valence-corrected chi connectivity index (χ0v) is 19.2. The summed E-state index contributed by atoms with van der Waals surface area (Å²) in [5.74, 6) is 0.511. The zero-order valence-electron chi connectivity index (χ0n) is 18.3. The second-order valence-electron chi connectivity index (χ2n) is 8.54.